The van der Waals surface area contributed by atoms with Crippen LogP contribution in [0.5, 0.6) is 0 Å². The summed E-state index contributed by atoms with van der Waals surface area (Å²) in [4.78, 5) is 25.7. The maximum Gasteiger partial charge on any atom is 0.321 e. The maximum absolute atomic E-state index is 12.3. The molecule has 2 heterocycles. The summed E-state index contributed by atoms with van der Waals surface area (Å²) in [7, 11) is 0. The lowest BCUT2D eigenvalue weighted by molar-refractivity contribution is -0.149. The molecule has 0 saturated carbocycles. The summed E-state index contributed by atoms with van der Waals surface area (Å²) in [6.07, 6.45) is 4.80. The van der Waals surface area contributed by atoms with E-state index in [0.29, 0.717) is 44.1 Å². The number of carbonyl (C=O) groups is 2. The van der Waals surface area contributed by atoms with Gasteiger partial charge in [-0.05, 0) is 25.7 Å². The second-order valence-corrected chi connectivity index (χ2v) is 6.29. The van der Waals surface area contributed by atoms with E-state index in [4.69, 9.17) is 4.74 Å². The van der Waals surface area contributed by atoms with E-state index in [2.05, 4.69) is 24.3 Å². The Morgan fingerprint density at radius 1 is 1.39 bits per heavy atom. The van der Waals surface area contributed by atoms with Crippen LogP contribution in [0.1, 0.15) is 33.6 Å². The number of carbonyl (C=O) groups excluding carboxylic acids is 2. The Kier molecular flexibility index (Phi) is 6.01. The number of amides is 2. The first kappa shape index (κ1) is 17.3. The molecule has 0 bridgehead atoms. The lowest BCUT2D eigenvalue weighted by Gasteiger charge is -2.30. The van der Waals surface area contributed by atoms with Gasteiger partial charge in [0.1, 0.15) is 0 Å². The molecule has 1 aromatic rings. The zero-order chi connectivity index (χ0) is 16.8. The molecule has 128 valence electrons. The zero-order valence-corrected chi connectivity index (χ0v) is 14.1. The Bertz CT molecular complexity index is 533. The van der Waals surface area contributed by atoms with Gasteiger partial charge in [0.25, 0.3) is 0 Å². The van der Waals surface area contributed by atoms with E-state index in [-0.39, 0.29) is 17.9 Å². The topological polar surface area (TPSA) is 76.5 Å². The van der Waals surface area contributed by atoms with Gasteiger partial charge in [0.2, 0.25) is 0 Å². The van der Waals surface area contributed by atoms with Crippen molar-refractivity contribution < 1.29 is 14.3 Å². The Labute approximate surface area is 137 Å². The van der Waals surface area contributed by atoms with Crippen LogP contribution in [-0.2, 0) is 16.1 Å². The molecule has 7 nitrogen and oxygen atoms in total. The number of urea groups is 1. The Balaban J connectivity index is 1.81. The van der Waals surface area contributed by atoms with Crippen LogP contribution in [-0.4, -0.2) is 46.4 Å². The Hall–Kier alpha value is -2.05. The quantitative estimate of drug-likeness (QED) is 0.844. The number of aromatic nitrogens is 2. The first-order valence-electron chi connectivity index (χ1n) is 8.24. The fourth-order valence-corrected chi connectivity index (χ4v) is 2.68. The van der Waals surface area contributed by atoms with Gasteiger partial charge in [-0.15, -0.1) is 0 Å². The number of likely N-dealkylation sites (tertiary alicyclic amines) is 1. The molecule has 0 atom stereocenters. The molecule has 1 aliphatic rings. The summed E-state index contributed by atoms with van der Waals surface area (Å²) in [5, 5.41) is 7.09. The minimum absolute atomic E-state index is 0.0900. The van der Waals surface area contributed by atoms with Crippen molar-refractivity contribution in [3.63, 3.8) is 0 Å². The predicted octanol–water partition coefficient (Wildman–Crippen LogP) is 2.35. The van der Waals surface area contributed by atoms with Gasteiger partial charge in [-0.25, -0.2) is 4.79 Å². The molecule has 2 rings (SSSR count). The molecule has 23 heavy (non-hydrogen) atoms. The van der Waals surface area contributed by atoms with Gasteiger partial charge in [-0.2, -0.15) is 5.10 Å². The molecule has 2 amide bonds. The van der Waals surface area contributed by atoms with Crippen LogP contribution in [0.2, 0.25) is 0 Å². The minimum Gasteiger partial charge on any atom is -0.466 e. The van der Waals surface area contributed by atoms with Crippen LogP contribution < -0.4 is 5.32 Å². The van der Waals surface area contributed by atoms with E-state index >= 15 is 0 Å². The Morgan fingerprint density at radius 2 is 2.09 bits per heavy atom. The molecule has 1 aliphatic heterocycles. The Morgan fingerprint density at radius 3 is 2.70 bits per heavy atom. The highest BCUT2D eigenvalue weighted by atomic mass is 16.5. The zero-order valence-electron chi connectivity index (χ0n) is 14.1. The van der Waals surface area contributed by atoms with Crippen molar-refractivity contribution in [1.82, 2.24) is 14.7 Å². The van der Waals surface area contributed by atoms with E-state index in [1.807, 2.05) is 10.9 Å². The van der Waals surface area contributed by atoms with E-state index in [1.54, 1.807) is 18.0 Å². The smallest absolute Gasteiger partial charge is 0.321 e. The average Bonchev–Trinajstić information content (AvgIpc) is 2.93. The number of piperidine rings is 1. The number of esters is 1. The van der Waals surface area contributed by atoms with Crippen molar-refractivity contribution in [3.8, 4) is 0 Å². The van der Waals surface area contributed by atoms with E-state index < -0.39 is 0 Å². The van der Waals surface area contributed by atoms with E-state index in [1.165, 1.54) is 0 Å². The second kappa shape index (κ2) is 7.99. The molecule has 0 radical (unpaired) electrons. The van der Waals surface area contributed by atoms with E-state index in [9.17, 15) is 9.59 Å². The van der Waals surface area contributed by atoms with E-state index in [0.717, 1.165) is 6.54 Å². The summed E-state index contributed by atoms with van der Waals surface area (Å²) in [6, 6.07) is -0.142. The van der Waals surface area contributed by atoms with Crippen molar-refractivity contribution in [1.29, 1.82) is 0 Å². The molecule has 0 spiro atoms. The van der Waals surface area contributed by atoms with Crippen LogP contribution in [0.25, 0.3) is 0 Å². The number of hydrogen-bond acceptors (Lipinski definition) is 4. The summed E-state index contributed by atoms with van der Waals surface area (Å²) >= 11 is 0. The largest absolute Gasteiger partial charge is 0.466 e. The van der Waals surface area contributed by atoms with Crippen molar-refractivity contribution in [2.45, 2.75) is 40.2 Å². The fraction of sp³-hybridized carbons (Fsp3) is 0.688. The summed E-state index contributed by atoms with van der Waals surface area (Å²) in [5.74, 6) is 0.260. The number of nitrogens with zero attached hydrogens (tertiary/aromatic N) is 3. The highest BCUT2D eigenvalue weighted by Gasteiger charge is 2.28. The highest BCUT2D eigenvalue weighted by molar-refractivity contribution is 5.89. The molecular formula is C16H26N4O3. The second-order valence-electron chi connectivity index (χ2n) is 6.29. The molecular weight excluding hydrogens is 296 g/mol. The van der Waals surface area contributed by atoms with Crippen LogP contribution in [0.15, 0.2) is 12.4 Å². The van der Waals surface area contributed by atoms with Crippen molar-refractivity contribution in [2.24, 2.45) is 11.8 Å². The van der Waals surface area contributed by atoms with Gasteiger partial charge in [0.15, 0.2) is 0 Å². The van der Waals surface area contributed by atoms with Gasteiger partial charge in [-0.1, -0.05) is 13.8 Å². The lowest BCUT2D eigenvalue weighted by Crippen LogP contribution is -2.42. The third kappa shape index (κ3) is 4.97. The van der Waals surface area contributed by atoms with Gasteiger partial charge in [0.05, 0.1) is 24.4 Å². The summed E-state index contributed by atoms with van der Waals surface area (Å²) in [6.45, 7) is 8.40. The predicted molar refractivity (Wildman–Crippen MR) is 87.0 cm³/mol. The molecule has 0 aliphatic carbocycles. The molecule has 1 aromatic heterocycles. The maximum atomic E-state index is 12.3. The monoisotopic (exact) mass is 322 g/mol. The van der Waals surface area contributed by atoms with Crippen molar-refractivity contribution >= 4 is 17.7 Å². The van der Waals surface area contributed by atoms with Gasteiger partial charge in [-0.3, -0.25) is 9.48 Å². The third-order valence-corrected chi connectivity index (χ3v) is 3.84. The summed E-state index contributed by atoms with van der Waals surface area (Å²) < 4.78 is 6.86. The first-order chi connectivity index (χ1) is 11.0. The number of nitrogens with one attached hydrogen (secondary N) is 1. The van der Waals surface area contributed by atoms with Gasteiger partial charge < -0.3 is 15.0 Å². The molecule has 7 heteroatoms. The normalized spacial score (nSPS) is 15.7. The van der Waals surface area contributed by atoms with Gasteiger partial charge >= 0.3 is 12.0 Å². The average molecular weight is 322 g/mol. The molecule has 1 fully saturated rings. The highest BCUT2D eigenvalue weighted by Crippen LogP contribution is 2.19. The molecule has 0 aromatic carbocycles. The number of rotatable bonds is 5. The van der Waals surface area contributed by atoms with Gasteiger partial charge in [0, 0.05) is 25.8 Å². The first-order valence-corrected chi connectivity index (χ1v) is 8.24. The molecule has 0 unspecified atom stereocenters. The molecule has 1 saturated heterocycles. The van der Waals surface area contributed by atoms with Crippen LogP contribution in [0.4, 0.5) is 10.5 Å². The lowest BCUT2D eigenvalue weighted by atomic mass is 9.97. The number of anilines is 1. The number of hydrogen-bond donors (Lipinski definition) is 1. The van der Waals surface area contributed by atoms with Crippen LogP contribution >= 0.6 is 0 Å². The van der Waals surface area contributed by atoms with Crippen molar-refractivity contribution in [2.75, 3.05) is 25.0 Å². The third-order valence-electron chi connectivity index (χ3n) is 3.84. The number of ether oxygens (including phenoxy) is 1. The van der Waals surface area contributed by atoms with Crippen molar-refractivity contribution in [3.05, 3.63) is 12.4 Å². The standard InChI is InChI=1S/C16H26N4O3/c1-4-23-15(21)13-5-7-19(8-6-13)16(22)18-14-9-17-20(11-14)10-12(2)3/h9,11-13H,4-8,10H2,1-3H3,(H,18,22). The summed E-state index contributed by atoms with van der Waals surface area (Å²) in [5.41, 5.74) is 0.697. The van der Waals surface area contributed by atoms with Crippen LogP contribution in [0, 0.1) is 11.8 Å². The fourth-order valence-electron chi connectivity index (χ4n) is 2.68. The minimum atomic E-state index is -0.150. The SMILES string of the molecule is CCOC(=O)C1CCN(C(=O)Nc2cnn(CC(C)C)c2)CC1. The van der Waals surface area contributed by atoms with Crippen LogP contribution in [0.3, 0.4) is 0 Å². The molecule has 1 N–H and O–H groups in total.